The van der Waals surface area contributed by atoms with E-state index in [0.29, 0.717) is 12.8 Å². The zero-order valence-corrected chi connectivity index (χ0v) is 22.8. The van der Waals surface area contributed by atoms with Gasteiger partial charge in [0.05, 0.1) is 6.61 Å². The standard InChI is InChI=1S/C30H54O5/c1-3-5-7-9-11-12-13-14-15-16-17-18-19-21-23-25-30(33)35-28(26-31)27-34-29(32)24-22-20-10-8-6-4-2/h11-12,14-15,28,31H,3-10,13,16-27H2,1-2H3. The molecule has 5 heteroatoms. The highest BCUT2D eigenvalue weighted by Crippen LogP contribution is 2.10. The summed E-state index contributed by atoms with van der Waals surface area (Å²) in [5, 5.41) is 9.41. The Morgan fingerprint density at radius 2 is 1.14 bits per heavy atom. The van der Waals surface area contributed by atoms with E-state index in [1.54, 1.807) is 0 Å². The molecule has 204 valence electrons. The molecule has 0 heterocycles. The number of aliphatic hydroxyl groups is 1. The first-order valence-electron chi connectivity index (χ1n) is 14.4. The van der Waals surface area contributed by atoms with Crippen molar-refractivity contribution in [3.63, 3.8) is 0 Å². The normalized spacial score (nSPS) is 12.4. The fourth-order valence-corrected chi connectivity index (χ4v) is 3.76. The van der Waals surface area contributed by atoms with Crippen LogP contribution in [0.3, 0.4) is 0 Å². The van der Waals surface area contributed by atoms with Gasteiger partial charge in [-0.05, 0) is 44.9 Å². The third-order valence-electron chi connectivity index (χ3n) is 6.00. The molecule has 1 N–H and O–H groups in total. The van der Waals surface area contributed by atoms with E-state index in [1.807, 2.05) is 0 Å². The second kappa shape index (κ2) is 27.0. The Balaban J connectivity index is 3.63. The lowest BCUT2D eigenvalue weighted by atomic mass is 10.1. The van der Waals surface area contributed by atoms with E-state index in [4.69, 9.17) is 9.47 Å². The highest BCUT2D eigenvalue weighted by Gasteiger charge is 2.16. The summed E-state index contributed by atoms with van der Waals surface area (Å²) >= 11 is 0. The van der Waals surface area contributed by atoms with E-state index >= 15 is 0 Å². The number of unbranched alkanes of at least 4 members (excludes halogenated alkanes) is 13. The predicted octanol–water partition coefficient (Wildman–Crippen LogP) is 8.00. The molecule has 0 saturated carbocycles. The van der Waals surface area contributed by atoms with Gasteiger partial charge < -0.3 is 14.6 Å². The molecule has 1 atom stereocenters. The van der Waals surface area contributed by atoms with Crippen LogP contribution < -0.4 is 0 Å². The van der Waals surface area contributed by atoms with Crippen molar-refractivity contribution in [3.8, 4) is 0 Å². The smallest absolute Gasteiger partial charge is 0.306 e. The number of allylic oxidation sites excluding steroid dienone is 4. The number of hydrogen-bond donors (Lipinski definition) is 1. The fourth-order valence-electron chi connectivity index (χ4n) is 3.76. The van der Waals surface area contributed by atoms with Crippen molar-refractivity contribution in [2.75, 3.05) is 13.2 Å². The maximum absolute atomic E-state index is 12.0. The van der Waals surface area contributed by atoms with Gasteiger partial charge >= 0.3 is 11.9 Å². The number of carbonyl (C=O) groups excluding carboxylic acids is 2. The van der Waals surface area contributed by atoms with Crippen LogP contribution in [0.25, 0.3) is 0 Å². The lowest BCUT2D eigenvalue weighted by Crippen LogP contribution is -2.28. The highest BCUT2D eigenvalue weighted by molar-refractivity contribution is 5.70. The molecule has 0 aromatic carbocycles. The van der Waals surface area contributed by atoms with E-state index in [0.717, 1.165) is 51.4 Å². The minimum Gasteiger partial charge on any atom is -0.462 e. The van der Waals surface area contributed by atoms with Crippen molar-refractivity contribution in [1.29, 1.82) is 0 Å². The molecule has 0 amide bonds. The zero-order chi connectivity index (χ0) is 25.8. The summed E-state index contributed by atoms with van der Waals surface area (Å²) in [5.41, 5.74) is 0. The van der Waals surface area contributed by atoms with Gasteiger partial charge in [0.1, 0.15) is 6.61 Å². The molecule has 35 heavy (non-hydrogen) atoms. The van der Waals surface area contributed by atoms with E-state index in [-0.39, 0.29) is 25.2 Å². The number of esters is 2. The summed E-state index contributed by atoms with van der Waals surface area (Å²) in [5.74, 6) is -0.620. The first kappa shape index (κ1) is 33.4. The SMILES string of the molecule is CCCCCC=CCC=CCCCCCCCC(=O)OC(CO)COC(=O)CCCCCCCC. The third-order valence-corrected chi connectivity index (χ3v) is 6.00. The van der Waals surface area contributed by atoms with Crippen LogP contribution in [0.15, 0.2) is 24.3 Å². The van der Waals surface area contributed by atoms with Crippen LogP contribution in [0.1, 0.15) is 136 Å². The molecular weight excluding hydrogens is 440 g/mol. The second-order valence-electron chi connectivity index (χ2n) is 9.48. The maximum atomic E-state index is 12.0. The Morgan fingerprint density at radius 3 is 1.74 bits per heavy atom. The Hall–Kier alpha value is -1.62. The van der Waals surface area contributed by atoms with Crippen LogP contribution in [-0.2, 0) is 19.1 Å². The van der Waals surface area contributed by atoms with Gasteiger partial charge in [-0.1, -0.05) is 102 Å². The Bertz CT molecular complexity index is 541. The molecule has 0 aliphatic heterocycles. The van der Waals surface area contributed by atoms with Crippen molar-refractivity contribution in [3.05, 3.63) is 24.3 Å². The highest BCUT2D eigenvalue weighted by atomic mass is 16.6. The van der Waals surface area contributed by atoms with Gasteiger partial charge in [0, 0.05) is 12.8 Å². The minimum absolute atomic E-state index is 0.0704. The lowest BCUT2D eigenvalue weighted by molar-refractivity contribution is -0.161. The summed E-state index contributed by atoms with van der Waals surface area (Å²) in [6.07, 6.45) is 28.1. The summed E-state index contributed by atoms with van der Waals surface area (Å²) in [6.45, 7) is 4.00. The summed E-state index contributed by atoms with van der Waals surface area (Å²) in [6, 6.07) is 0. The molecule has 0 bridgehead atoms. The Morgan fingerprint density at radius 1 is 0.657 bits per heavy atom. The van der Waals surface area contributed by atoms with Gasteiger partial charge in [-0.15, -0.1) is 0 Å². The van der Waals surface area contributed by atoms with Crippen LogP contribution in [0.4, 0.5) is 0 Å². The maximum Gasteiger partial charge on any atom is 0.306 e. The summed E-state index contributed by atoms with van der Waals surface area (Å²) < 4.78 is 10.4. The van der Waals surface area contributed by atoms with Crippen molar-refractivity contribution >= 4 is 11.9 Å². The van der Waals surface area contributed by atoms with Gasteiger partial charge in [0.2, 0.25) is 0 Å². The molecule has 1 unspecified atom stereocenters. The van der Waals surface area contributed by atoms with E-state index in [2.05, 4.69) is 38.2 Å². The van der Waals surface area contributed by atoms with Crippen LogP contribution in [0, 0.1) is 0 Å². The van der Waals surface area contributed by atoms with Crippen LogP contribution in [0.2, 0.25) is 0 Å². The average Bonchev–Trinajstić information content (AvgIpc) is 2.86. The van der Waals surface area contributed by atoms with E-state index < -0.39 is 6.10 Å². The number of hydrogen-bond acceptors (Lipinski definition) is 5. The molecule has 5 nitrogen and oxygen atoms in total. The van der Waals surface area contributed by atoms with E-state index in [1.165, 1.54) is 57.8 Å². The van der Waals surface area contributed by atoms with Gasteiger partial charge in [-0.3, -0.25) is 9.59 Å². The van der Waals surface area contributed by atoms with Crippen molar-refractivity contribution in [2.24, 2.45) is 0 Å². The Labute approximate surface area is 215 Å². The molecule has 0 saturated heterocycles. The zero-order valence-electron chi connectivity index (χ0n) is 22.8. The van der Waals surface area contributed by atoms with Gasteiger partial charge in [0.25, 0.3) is 0 Å². The third kappa shape index (κ3) is 25.3. The van der Waals surface area contributed by atoms with Crippen molar-refractivity contribution < 1.29 is 24.2 Å². The molecule has 0 aliphatic rings. The number of carbonyl (C=O) groups is 2. The van der Waals surface area contributed by atoms with Crippen LogP contribution >= 0.6 is 0 Å². The predicted molar refractivity (Wildman–Crippen MR) is 145 cm³/mol. The van der Waals surface area contributed by atoms with Crippen LogP contribution in [-0.4, -0.2) is 36.4 Å². The largest absolute Gasteiger partial charge is 0.462 e. The quantitative estimate of drug-likeness (QED) is 0.0790. The number of aliphatic hydroxyl groups excluding tert-OH is 1. The first-order chi connectivity index (χ1) is 17.1. The monoisotopic (exact) mass is 494 g/mol. The van der Waals surface area contributed by atoms with Gasteiger partial charge in [0.15, 0.2) is 6.10 Å². The molecule has 0 aromatic heterocycles. The molecule has 0 aliphatic carbocycles. The summed E-state index contributed by atoms with van der Waals surface area (Å²) in [4.78, 5) is 23.8. The molecule has 0 rings (SSSR count). The van der Waals surface area contributed by atoms with Crippen LogP contribution in [0.5, 0.6) is 0 Å². The first-order valence-corrected chi connectivity index (χ1v) is 14.4. The average molecular weight is 495 g/mol. The Kier molecular flexibility index (Phi) is 25.7. The van der Waals surface area contributed by atoms with Crippen molar-refractivity contribution in [1.82, 2.24) is 0 Å². The number of rotatable bonds is 25. The minimum atomic E-state index is -0.769. The molecule has 0 spiro atoms. The molecular formula is C30H54O5. The van der Waals surface area contributed by atoms with Gasteiger partial charge in [-0.25, -0.2) is 0 Å². The van der Waals surface area contributed by atoms with E-state index in [9.17, 15) is 14.7 Å². The topological polar surface area (TPSA) is 72.8 Å². The second-order valence-corrected chi connectivity index (χ2v) is 9.48. The molecule has 0 radical (unpaired) electrons. The number of ether oxygens (including phenoxy) is 2. The lowest BCUT2D eigenvalue weighted by Gasteiger charge is -2.15. The molecule has 0 aromatic rings. The summed E-state index contributed by atoms with van der Waals surface area (Å²) in [7, 11) is 0. The van der Waals surface area contributed by atoms with Gasteiger partial charge in [-0.2, -0.15) is 0 Å². The van der Waals surface area contributed by atoms with Crippen molar-refractivity contribution in [2.45, 2.75) is 142 Å². The fraction of sp³-hybridized carbons (Fsp3) is 0.800. The molecule has 0 fully saturated rings.